The first kappa shape index (κ1) is 23.2. The molecule has 2 N–H and O–H groups in total. The van der Waals surface area contributed by atoms with E-state index in [2.05, 4.69) is 39.8 Å². The second-order valence-corrected chi connectivity index (χ2v) is 9.42. The van der Waals surface area contributed by atoms with Crippen LogP contribution in [0.25, 0.3) is 0 Å². The van der Waals surface area contributed by atoms with Crippen LogP contribution in [0.3, 0.4) is 0 Å². The van der Waals surface area contributed by atoms with Crippen LogP contribution in [0.15, 0.2) is 48.5 Å². The molecule has 4 rings (SSSR count). The molecule has 0 aromatic heterocycles. The summed E-state index contributed by atoms with van der Waals surface area (Å²) in [5.74, 6) is 1.88. The summed E-state index contributed by atoms with van der Waals surface area (Å²) < 4.78 is 19.1. The number of nitrogens with zero attached hydrogens (tertiary/aromatic N) is 2. The molecule has 2 aromatic carbocycles. The van der Waals surface area contributed by atoms with E-state index < -0.39 is 0 Å². The number of hydrazine groups is 1. The molecule has 0 aliphatic carbocycles. The van der Waals surface area contributed by atoms with Crippen molar-refractivity contribution in [3.63, 3.8) is 0 Å². The van der Waals surface area contributed by atoms with E-state index in [1.54, 1.807) is 13.2 Å². The molecule has 2 fully saturated rings. The highest BCUT2D eigenvalue weighted by molar-refractivity contribution is 5.27. The number of methoxy groups -OCH3 is 1. The first-order chi connectivity index (χ1) is 15.6. The number of hydrogen-bond donors (Lipinski definition) is 2. The predicted molar refractivity (Wildman–Crippen MR) is 127 cm³/mol. The zero-order valence-corrected chi connectivity index (χ0v) is 19.4. The summed E-state index contributed by atoms with van der Waals surface area (Å²) >= 11 is 0. The number of hydrogen-bond acceptors (Lipinski definition) is 5. The molecule has 2 atom stereocenters. The quantitative estimate of drug-likeness (QED) is 0.625. The average Bonchev–Trinajstić information content (AvgIpc) is 3.27. The van der Waals surface area contributed by atoms with E-state index in [9.17, 15) is 4.39 Å². The van der Waals surface area contributed by atoms with Gasteiger partial charge >= 0.3 is 0 Å². The number of halogens is 1. The minimum atomic E-state index is -0.169. The number of likely N-dealkylation sites (tertiary alicyclic amines) is 1. The Morgan fingerprint density at radius 1 is 1.09 bits per heavy atom. The van der Waals surface area contributed by atoms with Gasteiger partial charge in [-0.15, -0.1) is 0 Å². The third-order valence-corrected chi connectivity index (χ3v) is 7.02. The molecule has 2 unspecified atom stereocenters. The van der Waals surface area contributed by atoms with Crippen molar-refractivity contribution >= 4 is 0 Å². The van der Waals surface area contributed by atoms with Gasteiger partial charge in [0.2, 0.25) is 0 Å². The lowest BCUT2D eigenvalue weighted by Gasteiger charge is -2.35. The first-order valence-electron chi connectivity index (χ1n) is 11.9. The third kappa shape index (κ3) is 6.29. The van der Waals surface area contributed by atoms with E-state index in [0.29, 0.717) is 5.92 Å². The fourth-order valence-electron chi connectivity index (χ4n) is 5.04. The standard InChI is InChI=1S/C26H37FN4O/c1-30-13-10-21(11-14-30)18-31(15-12-20-6-8-25(32-2)9-7-20)19-23-17-28-29-26(23)22-4-3-5-24(27)16-22/h3-9,16,21,23,26,28-29H,10-15,17-19H2,1-2H3. The lowest BCUT2D eigenvalue weighted by molar-refractivity contribution is 0.146. The maximum Gasteiger partial charge on any atom is 0.123 e. The second-order valence-electron chi connectivity index (χ2n) is 9.42. The van der Waals surface area contributed by atoms with Crippen molar-refractivity contribution in [3.05, 3.63) is 65.5 Å². The van der Waals surface area contributed by atoms with Crippen LogP contribution in [-0.2, 0) is 6.42 Å². The highest BCUT2D eigenvalue weighted by Crippen LogP contribution is 2.27. The Hall–Kier alpha value is -1.99. The van der Waals surface area contributed by atoms with Crippen molar-refractivity contribution in [2.45, 2.75) is 25.3 Å². The van der Waals surface area contributed by atoms with Gasteiger partial charge in [-0.2, -0.15) is 0 Å². The van der Waals surface area contributed by atoms with E-state index in [1.807, 2.05) is 24.3 Å². The van der Waals surface area contributed by atoms with E-state index in [1.165, 1.54) is 37.6 Å². The van der Waals surface area contributed by atoms with E-state index in [4.69, 9.17) is 4.74 Å². The minimum absolute atomic E-state index is 0.131. The molecule has 2 saturated heterocycles. The van der Waals surface area contributed by atoms with Gasteiger partial charge in [0.1, 0.15) is 11.6 Å². The summed E-state index contributed by atoms with van der Waals surface area (Å²) in [5.41, 5.74) is 9.07. The van der Waals surface area contributed by atoms with Crippen molar-refractivity contribution in [1.29, 1.82) is 0 Å². The van der Waals surface area contributed by atoms with Gasteiger partial charge in [-0.1, -0.05) is 24.3 Å². The molecule has 174 valence electrons. The summed E-state index contributed by atoms with van der Waals surface area (Å²) in [7, 11) is 3.92. The third-order valence-electron chi connectivity index (χ3n) is 7.02. The number of piperidine rings is 1. The number of nitrogens with one attached hydrogen (secondary N) is 2. The number of ether oxygens (including phenoxy) is 1. The summed E-state index contributed by atoms with van der Waals surface area (Å²) in [6.45, 7) is 6.45. The van der Waals surface area contributed by atoms with Crippen LogP contribution in [0.1, 0.15) is 30.0 Å². The molecule has 2 aromatic rings. The lowest BCUT2D eigenvalue weighted by atomic mass is 9.92. The molecule has 2 aliphatic heterocycles. The van der Waals surface area contributed by atoms with Crippen LogP contribution < -0.4 is 15.6 Å². The summed E-state index contributed by atoms with van der Waals surface area (Å²) in [4.78, 5) is 5.08. The maximum atomic E-state index is 13.8. The van der Waals surface area contributed by atoms with Crippen molar-refractivity contribution in [2.24, 2.45) is 11.8 Å². The van der Waals surface area contributed by atoms with Gasteiger partial charge in [-0.05, 0) is 80.7 Å². The van der Waals surface area contributed by atoms with Crippen LogP contribution in [0.2, 0.25) is 0 Å². The molecule has 0 amide bonds. The largest absolute Gasteiger partial charge is 0.497 e. The van der Waals surface area contributed by atoms with Crippen molar-refractivity contribution in [3.8, 4) is 5.75 Å². The van der Waals surface area contributed by atoms with Gasteiger partial charge in [-0.25, -0.2) is 9.82 Å². The van der Waals surface area contributed by atoms with Gasteiger partial charge in [-0.3, -0.25) is 5.43 Å². The van der Waals surface area contributed by atoms with Gasteiger partial charge in [0.15, 0.2) is 0 Å². The Balaban J connectivity index is 1.42. The molecule has 0 spiro atoms. The molecule has 5 nitrogen and oxygen atoms in total. The maximum absolute atomic E-state index is 13.8. The zero-order valence-electron chi connectivity index (χ0n) is 19.4. The normalized spacial score (nSPS) is 22.5. The van der Waals surface area contributed by atoms with E-state index in [-0.39, 0.29) is 11.9 Å². The van der Waals surface area contributed by atoms with Gasteiger partial charge in [0.05, 0.1) is 13.2 Å². The predicted octanol–water partition coefficient (Wildman–Crippen LogP) is 3.49. The van der Waals surface area contributed by atoms with Crippen molar-refractivity contribution in [1.82, 2.24) is 20.7 Å². The highest BCUT2D eigenvalue weighted by atomic mass is 19.1. The summed E-state index contributed by atoms with van der Waals surface area (Å²) in [6, 6.07) is 15.6. The Kier molecular flexibility index (Phi) is 8.14. The van der Waals surface area contributed by atoms with Crippen LogP contribution in [0.5, 0.6) is 5.75 Å². The molecule has 2 aliphatic rings. The van der Waals surface area contributed by atoms with E-state index >= 15 is 0 Å². The minimum Gasteiger partial charge on any atom is -0.497 e. The second kappa shape index (κ2) is 11.2. The Bertz CT molecular complexity index is 838. The fourth-order valence-corrected chi connectivity index (χ4v) is 5.04. The molecule has 0 bridgehead atoms. The molecular weight excluding hydrogens is 403 g/mol. The monoisotopic (exact) mass is 440 g/mol. The van der Waals surface area contributed by atoms with Crippen LogP contribution >= 0.6 is 0 Å². The van der Waals surface area contributed by atoms with Crippen LogP contribution in [0.4, 0.5) is 4.39 Å². The van der Waals surface area contributed by atoms with Crippen LogP contribution in [-0.4, -0.2) is 63.2 Å². The number of benzene rings is 2. The van der Waals surface area contributed by atoms with E-state index in [0.717, 1.165) is 49.8 Å². The number of rotatable bonds is 9. The van der Waals surface area contributed by atoms with Gasteiger partial charge < -0.3 is 14.5 Å². The molecule has 2 heterocycles. The Morgan fingerprint density at radius 3 is 2.59 bits per heavy atom. The van der Waals surface area contributed by atoms with Crippen LogP contribution in [0, 0.1) is 17.7 Å². The molecule has 0 radical (unpaired) electrons. The highest BCUT2D eigenvalue weighted by Gasteiger charge is 2.31. The SMILES string of the molecule is COc1ccc(CCN(CC2CCN(C)CC2)CC2CNNC2c2cccc(F)c2)cc1. The molecule has 0 saturated carbocycles. The molecule has 6 heteroatoms. The topological polar surface area (TPSA) is 39.8 Å². The summed E-state index contributed by atoms with van der Waals surface area (Å²) in [6.07, 6.45) is 3.56. The zero-order chi connectivity index (χ0) is 22.3. The molecule has 32 heavy (non-hydrogen) atoms. The average molecular weight is 441 g/mol. The van der Waals surface area contributed by atoms with Crippen molar-refractivity contribution < 1.29 is 9.13 Å². The van der Waals surface area contributed by atoms with Gasteiger partial charge in [0.25, 0.3) is 0 Å². The summed E-state index contributed by atoms with van der Waals surface area (Å²) in [5, 5.41) is 0. The first-order valence-corrected chi connectivity index (χ1v) is 11.9. The lowest BCUT2D eigenvalue weighted by Crippen LogP contribution is -2.41. The smallest absolute Gasteiger partial charge is 0.123 e. The Labute approximate surface area is 191 Å². The van der Waals surface area contributed by atoms with Gasteiger partial charge in [0, 0.05) is 32.1 Å². The fraction of sp³-hybridized carbons (Fsp3) is 0.538. The Morgan fingerprint density at radius 2 is 1.88 bits per heavy atom. The van der Waals surface area contributed by atoms with Crippen molar-refractivity contribution in [2.75, 3.05) is 53.4 Å². The molecular formula is C26H37FN4O.